The van der Waals surface area contributed by atoms with Crippen LogP contribution >= 0.6 is 24.0 Å². The second kappa shape index (κ2) is 10.4. The van der Waals surface area contributed by atoms with Crippen molar-refractivity contribution in [1.29, 1.82) is 0 Å². The molecule has 0 radical (unpaired) electrons. The molecule has 0 heterocycles. The summed E-state index contributed by atoms with van der Waals surface area (Å²) in [7, 11) is 0. The molecule has 0 spiro atoms. The summed E-state index contributed by atoms with van der Waals surface area (Å²) in [4.78, 5) is 11.7. The Morgan fingerprint density at radius 1 is 1.16 bits per heavy atom. The van der Waals surface area contributed by atoms with Crippen molar-refractivity contribution in [1.82, 2.24) is 0 Å². The lowest BCUT2D eigenvalue weighted by molar-refractivity contribution is -0.147. The third kappa shape index (κ3) is 6.69. The summed E-state index contributed by atoms with van der Waals surface area (Å²) in [5, 5.41) is 0.728. The van der Waals surface area contributed by atoms with E-state index in [4.69, 9.17) is 22.1 Å². The lowest BCUT2D eigenvalue weighted by Crippen LogP contribution is -2.29. The van der Waals surface area contributed by atoms with Gasteiger partial charge in [0.2, 0.25) is 0 Å². The van der Waals surface area contributed by atoms with Crippen molar-refractivity contribution in [3.8, 4) is 11.1 Å². The standard InChI is InChI=1S/C20H24ClNO2.ClH/c1-3-24-20(23)14(2)11-19(22)12-15-7-9-16(10-8-15)17-5-4-6-18(21)13-17;/h4-10,13-14,19H,3,11-12,22H2,1-2H3;1H/t14?,19-;/m0./s1. The number of carbonyl (C=O) groups excluding carboxylic acids is 1. The van der Waals surface area contributed by atoms with Gasteiger partial charge in [-0.25, -0.2) is 0 Å². The van der Waals surface area contributed by atoms with Gasteiger partial charge in [0.25, 0.3) is 0 Å². The van der Waals surface area contributed by atoms with Gasteiger partial charge in [-0.05, 0) is 48.6 Å². The molecule has 1 unspecified atom stereocenters. The van der Waals surface area contributed by atoms with Crippen LogP contribution in [0.2, 0.25) is 5.02 Å². The number of hydrogen-bond acceptors (Lipinski definition) is 3. The van der Waals surface area contributed by atoms with Crippen molar-refractivity contribution in [3.63, 3.8) is 0 Å². The van der Waals surface area contributed by atoms with Gasteiger partial charge in [0, 0.05) is 11.1 Å². The molecule has 2 aromatic carbocycles. The molecule has 0 amide bonds. The Labute approximate surface area is 160 Å². The number of ether oxygens (including phenoxy) is 1. The van der Waals surface area contributed by atoms with Gasteiger partial charge in [0.05, 0.1) is 12.5 Å². The number of benzene rings is 2. The van der Waals surface area contributed by atoms with E-state index in [9.17, 15) is 4.79 Å². The highest BCUT2D eigenvalue weighted by Gasteiger charge is 2.17. The molecule has 0 saturated carbocycles. The molecule has 2 rings (SSSR count). The van der Waals surface area contributed by atoms with Crippen LogP contribution in [0.4, 0.5) is 0 Å². The highest BCUT2D eigenvalue weighted by atomic mass is 35.5. The molecule has 0 aliphatic carbocycles. The summed E-state index contributed by atoms with van der Waals surface area (Å²) in [5.41, 5.74) is 9.55. The van der Waals surface area contributed by atoms with Crippen LogP contribution in [0.25, 0.3) is 11.1 Å². The van der Waals surface area contributed by atoms with Gasteiger partial charge >= 0.3 is 5.97 Å². The van der Waals surface area contributed by atoms with Crippen molar-refractivity contribution >= 4 is 30.0 Å². The van der Waals surface area contributed by atoms with Crippen LogP contribution in [-0.2, 0) is 16.0 Å². The van der Waals surface area contributed by atoms with Crippen LogP contribution in [0.3, 0.4) is 0 Å². The van der Waals surface area contributed by atoms with Crippen molar-refractivity contribution in [3.05, 3.63) is 59.1 Å². The Bertz CT molecular complexity index is 674. The predicted octanol–water partition coefficient (Wildman–Crippen LogP) is 4.89. The summed E-state index contributed by atoms with van der Waals surface area (Å²) in [6, 6.07) is 16.0. The number of nitrogens with two attached hydrogens (primary N) is 1. The van der Waals surface area contributed by atoms with Gasteiger partial charge in [0.1, 0.15) is 0 Å². The molecule has 2 atom stereocenters. The van der Waals surface area contributed by atoms with Gasteiger partial charge in [-0.15, -0.1) is 12.4 Å². The van der Waals surface area contributed by atoms with E-state index >= 15 is 0 Å². The topological polar surface area (TPSA) is 52.3 Å². The normalized spacial score (nSPS) is 12.8. The van der Waals surface area contributed by atoms with Crippen LogP contribution in [0.15, 0.2) is 48.5 Å². The predicted molar refractivity (Wildman–Crippen MR) is 106 cm³/mol. The maximum atomic E-state index is 11.7. The van der Waals surface area contributed by atoms with Crippen molar-refractivity contribution in [2.75, 3.05) is 6.61 Å². The second-order valence-corrected chi connectivity index (χ2v) is 6.50. The molecule has 0 aliphatic heterocycles. The Balaban J connectivity index is 0.00000312. The van der Waals surface area contributed by atoms with Gasteiger partial charge in [-0.3, -0.25) is 4.79 Å². The fraction of sp³-hybridized carbons (Fsp3) is 0.350. The first kappa shape index (κ1) is 21.5. The lowest BCUT2D eigenvalue weighted by Gasteiger charge is -2.16. The Morgan fingerprint density at radius 3 is 2.44 bits per heavy atom. The third-order valence-electron chi connectivity index (χ3n) is 3.96. The Hall–Kier alpha value is -1.55. The molecule has 0 fully saturated rings. The molecule has 3 nitrogen and oxygen atoms in total. The average Bonchev–Trinajstić information content (AvgIpc) is 2.55. The van der Waals surface area contributed by atoms with Gasteiger partial charge in [0.15, 0.2) is 0 Å². The average molecular weight is 382 g/mol. The number of carbonyl (C=O) groups is 1. The smallest absolute Gasteiger partial charge is 0.308 e. The quantitative estimate of drug-likeness (QED) is 0.694. The molecule has 0 saturated heterocycles. The van der Waals surface area contributed by atoms with Crippen molar-refractivity contribution in [2.45, 2.75) is 32.7 Å². The van der Waals surface area contributed by atoms with E-state index in [2.05, 4.69) is 24.3 Å². The zero-order valence-electron chi connectivity index (χ0n) is 14.6. The van der Waals surface area contributed by atoms with E-state index in [-0.39, 0.29) is 30.3 Å². The summed E-state index contributed by atoms with van der Waals surface area (Å²) >= 11 is 6.04. The molecule has 136 valence electrons. The minimum absolute atomic E-state index is 0. The first-order chi connectivity index (χ1) is 11.5. The first-order valence-electron chi connectivity index (χ1n) is 8.26. The maximum absolute atomic E-state index is 11.7. The molecule has 2 N–H and O–H groups in total. The van der Waals surface area contributed by atoms with Crippen molar-refractivity contribution in [2.24, 2.45) is 11.7 Å². The maximum Gasteiger partial charge on any atom is 0.308 e. The fourth-order valence-electron chi connectivity index (χ4n) is 2.72. The first-order valence-corrected chi connectivity index (χ1v) is 8.64. The highest BCUT2D eigenvalue weighted by Crippen LogP contribution is 2.23. The zero-order chi connectivity index (χ0) is 17.5. The number of halogens is 2. The Kier molecular flexibility index (Phi) is 8.98. The van der Waals surface area contributed by atoms with E-state index < -0.39 is 0 Å². The van der Waals surface area contributed by atoms with E-state index in [0.29, 0.717) is 13.0 Å². The monoisotopic (exact) mass is 381 g/mol. The van der Waals surface area contributed by atoms with Crippen LogP contribution in [-0.4, -0.2) is 18.6 Å². The van der Waals surface area contributed by atoms with E-state index in [1.165, 1.54) is 0 Å². The molecule has 0 aliphatic rings. The van der Waals surface area contributed by atoms with Gasteiger partial charge < -0.3 is 10.5 Å². The highest BCUT2D eigenvalue weighted by molar-refractivity contribution is 6.30. The van der Waals surface area contributed by atoms with Crippen LogP contribution in [0, 0.1) is 5.92 Å². The molecule has 0 bridgehead atoms. The summed E-state index contributed by atoms with van der Waals surface area (Å²) in [6.07, 6.45) is 1.36. The Morgan fingerprint density at radius 2 is 1.84 bits per heavy atom. The summed E-state index contributed by atoms with van der Waals surface area (Å²) in [5.74, 6) is -0.352. The molecular weight excluding hydrogens is 357 g/mol. The number of hydrogen-bond donors (Lipinski definition) is 1. The van der Waals surface area contributed by atoms with Crippen LogP contribution in [0.1, 0.15) is 25.8 Å². The molecular formula is C20H25Cl2NO2. The van der Waals surface area contributed by atoms with Crippen LogP contribution < -0.4 is 5.73 Å². The van der Waals surface area contributed by atoms with Gasteiger partial charge in [-0.2, -0.15) is 0 Å². The van der Waals surface area contributed by atoms with E-state index in [0.717, 1.165) is 28.1 Å². The molecule has 2 aromatic rings. The molecule has 0 aromatic heterocycles. The van der Waals surface area contributed by atoms with Crippen LogP contribution in [0.5, 0.6) is 0 Å². The number of esters is 1. The van der Waals surface area contributed by atoms with Gasteiger partial charge in [-0.1, -0.05) is 54.9 Å². The van der Waals surface area contributed by atoms with E-state index in [1.54, 1.807) is 0 Å². The second-order valence-electron chi connectivity index (χ2n) is 6.06. The van der Waals surface area contributed by atoms with Crippen molar-refractivity contribution < 1.29 is 9.53 Å². The zero-order valence-corrected chi connectivity index (χ0v) is 16.1. The number of rotatable bonds is 7. The lowest BCUT2D eigenvalue weighted by atomic mass is 9.95. The minimum Gasteiger partial charge on any atom is -0.466 e. The largest absolute Gasteiger partial charge is 0.466 e. The minimum atomic E-state index is -0.177. The fourth-order valence-corrected chi connectivity index (χ4v) is 2.91. The summed E-state index contributed by atoms with van der Waals surface area (Å²) < 4.78 is 5.02. The molecule has 25 heavy (non-hydrogen) atoms. The SMILES string of the molecule is CCOC(=O)C(C)C[C@H](N)Cc1ccc(-c2cccc(Cl)c2)cc1.Cl. The molecule has 5 heteroatoms. The third-order valence-corrected chi connectivity index (χ3v) is 4.19. The van der Waals surface area contributed by atoms with E-state index in [1.807, 2.05) is 38.1 Å². The summed E-state index contributed by atoms with van der Waals surface area (Å²) in [6.45, 7) is 4.08.